The van der Waals surface area contributed by atoms with Gasteiger partial charge >= 0.3 is 0 Å². The first-order chi connectivity index (χ1) is 13.5. The molecule has 0 aliphatic carbocycles. The van der Waals surface area contributed by atoms with E-state index in [1.165, 1.54) is 19.3 Å². The highest BCUT2D eigenvalue weighted by molar-refractivity contribution is 6.21. The number of imide groups is 1. The number of piperidine rings is 1. The number of carbonyl (C=O) groups excluding carboxylic acids is 2. The quantitative estimate of drug-likeness (QED) is 0.275. The molecule has 1 unspecified atom stereocenters. The van der Waals surface area contributed by atoms with Gasteiger partial charge < -0.3 is 9.57 Å². The van der Waals surface area contributed by atoms with E-state index in [9.17, 15) is 19.7 Å². The van der Waals surface area contributed by atoms with Gasteiger partial charge in [-0.25, -0.2) is 0 Å². The lowest BCUT2D eigenvalue weighted by Gasteiger charge is -2.33. The molecule has 1 aromatic rings. The third kappa shape index (κ3) is 4.59. The summed E-state index contributed by atoms with van der Waals surface area (Å²) in [4.78, 5) is 42.8. The van der Waals surface area contributed by atoms with Gasteiger partial charge in [-0.05, 0) is 50.9 Å². The molecule has 9 heteroatoms. The van der Waals surface area contributed by atoms with E-state index in [2.05, 4.69) is 16.7 Å². The van der Waals surface area contributed by atoms with E-state index in [4.69, 9.17) is 4.74 Å². The predicted octanol–water partition coefficient (Wildman–Crippen LogP) is 2.13. The lowest BCUT2D eigenvalue weighted by molar-refractivity contribution is -0.757. The summed E-state index contributed by atoms with van der Waals surface area (Å²) in [6.45, 7) is 4.56. The molecule has 2 heterocycles. The highest BCUT2D eigenvalue weighted by Gasteiger charge is 2.35. The Morgan fingerprint density at radius 1 is 1.14 bits per heavy atom. The SMILES string of the molecule is CC1CCCCN1CCOc1ccc2c(c1)C(=O)N(CCCO[N+](=O)[O-])C2=O. The van der Waals surface area contributed by atoms with Crippen molar-refractivity contribution in [1.29, 1.82) is 0 Å². The van der Waals surface area contributed by atoms with Crippen LogP contribution in [0.25, 0.3) is 0 Å². The lowest BCUT2D eigenvalue weighted by atomic mass is 10.0. The van der Waals surface area contributed by atoms with Crippen molar-refractivity contribution >= 4 is 11.8 Å². The van der Waals surface area contributed by atoms with E-state index in [0.29, 0.717) is 29.5 Å². The van der Waals surface area contributed by atoms with Gasteiger partial charge in [-0.1, -0.05) is 6.42 Å². The number of benzene rings is 1. The minimum atomic E-state index is -0.892. The highest BCUT2D eigenvalue weighted by Crippen LogP contribution is 2.27. The molecule has 0 bridgehead atoms. The third-order valence-corrected chi connectivity index (χ3v) is 5.25. The van der Waals surface area contributed by atoms with Crippen molar-refractivity contribution in [3.8, 4) is 5.75 Å². The van der Waals surface area contributed by atoms with E-state index in [1.54, 1.807) is 18.2 Å². The highest BCUT2D eigenvalue weighted by atomic mass is 16.9. The van der Waals surface area contributed by atoms with Crippen LogP contribution in [-0.2, 0) is 4.84 Å². The Balaban J connectivity index is 1.54. The fourth-order valence-corrected chi connectivity index (χ4v) is 3.69. The summed E-state index contributed by atoms with van der Waals surface area (Å²) < 4.78 is 5.81. The first kappa shape index (κ1) is 20.1. The number of rotatable bonds is 9. The first-order valence-corrected chi connectivity index (χ1v) is 9.62. The van der Waals surface area contributed by atoms with Crippen molar-refractivity contribution in [3.63, 3.8) is 0 Å². The van der Waals surface area contributed by atoms with Crippen molar-refractivity contribution in [2.45, 2.75) is 38.6 Å². The molecule has 3 rings (SSSR count). The Hall–Kier alpha value is -2.68. The largest absolute Gasteiger partial charge is 0.492 e. The van der Waals surface area contributed by atoms with Crippen LogP contribution < -0.4 is 4.74 Å². The van der Waals surface area contributed by atoms with E-state index in [1.807, 2.05) is 0 Å². The number of likely N-dealkylation sites (tertiary alicyclic amines) is 1. The van der Waals surface area contributed by atoms with Crippen LogP contribution in [-0.4, -0.2) is 65.6 Å². The molecule has 1 fully saturated rings. The second kappa shape index (κ2) is 9.01. The van der Waals surface area contributed by atoms with Gasteiger partial charge in [0.2, 0.25) is 0 Å². The fourth-order valence-electron chi connectivity index (χ4n) is 3.69. The number of amides is 2. The zero-order chi connectivity index (χ0) is 20.1. The minimum absolute atomic E-state index is 0.0726. The second-order valence-electron chi connectivity index (χ2n) is 7.11. The van der Waals surface area contributed by atoms with E-state index in [-0.39, 0.29) is 19.6 Å². The zero-order valence-electron chi connectivity index (χ0n) is 16.0. The molecule has 0 N–H and O–H groups in total. The van der Waals surface area contributed by atoms with Crippen molar-refractivity contribution in [1.82, 2.24) is 9.80 Å². The Bertz CT molecular complexity index is 753. The summed E-state index contributed by atoms with van der Waals surface area (Å²) in [7, 11) is 0. The van der Waals surface area contributed by atoms with E-state index < -0.39 is 16.9 Å². The predicted molar refractivity (Wildman–Crippen MR) is 99.8 cm³/mol. The lowest BCUT2D eigenvalue weighted by Crippen LogP contribution is -2.39. The van der Waals surface area contributed by atoms with Crippen LogP contribution in [0.15, 0.2) is 18.2 Å². The van der Waals surface area contributed by atoms with Crippen LogP contribution in [0.2, 0.25) is 0 Å². The number of nitrogens with zero attached hydrogens (tertiary/aromatic N) is 3. The van der Waals surface area contributed by atoms with E-state index in [0.717, 1.165) is 18.0 Å². The van der Waals surface area contributed by atoms with Crippen molar-refractivity contribution in [2.24, 2.45) is 0 Å². The average Bonchev–Trinajstić information content (AvgIpc) is 2.91. The first-order valence-electron chi connectivity index (χ1n) is 9.62. The summed E-state index contributed by atoms with van der Waals surface area (Å²) in [5, 5.41) is 9.27. The molecule has 1 saturated heterocycles. The van der Waals surface area contributed by atoms with Gasteiger partial charge in [0, 0.05) is 19.1 Å². The molecule has 152 valence electrons. The summed E-state index contributed by atoms with van der Waals surface area (Å²) >= 11 is 0. The molecule has 0 radical (unpaired) electrons. The van der Waals surface area contributed by atoms with E-state index >= 15 is 0 Å². The van der Waals surface area contributed by atoms with Crippen molar-refractivity contribution in [2.75, 3.05) is 32.8 Å². The molecule has 28 heavy (non-hydrogen) atoms. The summed E-state index contributed by atoms with van der Waals surface area (Å²) in [5.41, 5.74) is 0.640. The Morgan fingerprint density at radius 3 is 2.68 bits per heavy atom. The van der Waals surface area contributed by atoms with Gasteiger partial charge in [0.25, 0.3) is 16.9 Å². The normalized spacial score (nSPS) is 19.6. The molecule has 2 aliphatic heterocycles. The summed E-state index contributed by atoms with van der Waals surface area (Å²) in [6, 6.07) is 5.46. The van der Waals surface area contributed by atoms with Gasteiger partial charge in [0.15, 0.2) is 0 Å². The molecular formula is C19H25N3O6. The van der Waals surface area contributed by atoms with Gasteiger partial charge in [-0.2, -0.15) is 0 Å². The summed E-state index contributed by atoms with van der Waals surface area (Å²) in [5.74, 6) is -0.242. The smallest absolute Gasteiger partial charge is 0.294 e. The molecular weight excluding hydrogens is 366 g/mol. The molecule has 2 aliphatic rings. The van der Waals surface area contributed by atoms with Crippen molar-refractivity contribution < 1.29 is 24.3 Å². The van der Waals surface area contributed by atoms with Crippen LogP contribution in [0.3, 0.4) is 0 Å². The maximum atomic E-state index is 12.5. The topological polar surface area (TPSA) is 102 Å². The Labute approximate surface area is 163 Å². The van der Waals surface area contributed by atoms with Crippen LogP contribution in [0.4, 0.5) is 0 Å². The average molecular weight is 391 g/mol. The number of hydrogen-bond acceptors (Lipinski definition) is 7. The molecule has 9 nitrogen and oxygen atoms in total. The minimum Gasteiger partial charge on any atom is -0.492 e. The standard InChI is InChI=1S/C19H25N3O6/c1-14-5-2-3-8-20(14)10-12-27-15-6-7-16-17(13-15)19(24)21(18(16)23)9-4-11-28-22(25)26/h6-7,13-14H,2-5,8-12H2,1H3. The fraction of sp³-hybridized carbons (Fsp3) is 0.579. The van der Waals surface area contributed by atoms with Crippen LogP contribution in [0.1, 0.15) is 53.3 Å². The van der Waals surface area contributed by atoms with Gasteiger partial charge in [-0.3, -0.25) is 19.4 Å². The molecule has 0 aromatic heterocycles. The molecule has 2 amide bonds. The second-order valence-corrected chi connectivity index (χ2v) is 7.11. The number of fused-ring (bicyclic) bond motifs is 1. The van der Waals surface area contributed by atoms with Crippen LogP contribution in [0.5, 0.6) is 5.75 Å². The maximum absolute atomic E-state index is 12.5. The monoisotopic (exact) mass is 391 g/mol. The van der Waals surface area contributed by atoms with Gasteiger partial charge in [-0.15, -0.1) is 10.1 Å². The van der Waals surface area contributed by atoms with Crippen molar-refractivity contribution in [3.05, 3.63) is 39.4 Å². The number of hydrogen-bond donors (Lipinski definition) is 0. The number of ether oxygens (including phenoxy) is 1. The molecule has 1 aromatic carbocycles. The van der Waals surface area contributed by atoms with Crippen LogP contribution >= 0.6 is 0 Å². The molecule has 0 saturated carbocycles. The summed E-state index contributed by atoms with van der Waals surface area (Å²) in [6.07, 6.45) is 3.89. The molecule has 0 spiro atoms. The molecule has 1 atom stereocenters. The van der Waals surface area contributed by atoms with Gasteiger partial charge in [0.1, 0.15) is 12.4 Å². The Morgan fingerprint density at radius 2 is 1.93 bits per heavy atom. The Kier molecular flexibility index (Phi) is 6.45. The third-order valence-electron chi connectivity index (χ3n) is 5.25. The van der Waals surface area contributed by atoms with Gasteiger partial charge in [0.05, 0.1) is 17.7 Å². The zero-order valence-corrected chi connectivity index (χ0v) is 16.0. The number of carbonyl (C=O) groups is 2. The van der Waals surface area contributed by atoms with Crippen LogP contribution in [0, 0.1) is 10.1 Å². The maximum Gasteiger partial charge on any atom is 0.294 e.